The first kappa shape index (κ1) is 33.0. The lowest BCUT2D eigenvalue weighted by atomic mass is 9.82. The molecule has 0 saturated heterocycles. The second-order valence-corrected chi connectivity index (χ2v) is 14.7. The third kappa shape index (κ3) is 5.82. The summed E-state index contributed by atoms with van der Waals surface area (Å²) in [5, 5.41) is 4.31. The van der Waals surface area contributed by atoms with E-state index < -0.39 is 0 Å². The van der Waals surface area contributed by atoms with E-state index in [1.54, 1.807) is 0 Å². The summed E-state index contributed by atoms with van der Waals surface area (Å²) in [5.41, 5.74) is 12.7. The summed E-state index contributed by atoms with van der Waals surface area (Å²) < 4.78 is 6.92. The zero-order valence-corrected chi connectivity index (χ0v) is 31.0. The Bertz CT molecular complexity index is 3150. The number of aromatic nitrogens is 3. The predicted octanol–water partition coefficient (Wildman–Crippen LogP) is 13.8. The number of allylic oxidation sites excluding steroid dienone is 1. The van der Waals surface area contributed by atoms with Gasteiger partial charge in [-0.3, -0.25) is 0 Å². The van der Waals surface area contributed by atoms with Gasteiger partial charge >= 0.3 is 0 Å². The van der Waals surface area contributed by atoms with Crippen LogP contribution in [0.25, 0.3) is 95.2 Å². The summed E-state index contributed by atoms with van der Waals surface area (Å²) in [6.07, 6.45) is 5.52. The van der Waals surface area contributed by atoms with E-state index in [0.717, 1.165) is 78.1 Å². The van der Waals surface area contributed by atoms with Gasteiger partial charge in [-0.15, -0.1) is 0 Å². The van der Waals surface area contributed by atoms with Gasteiger partial charge in [-0.25, -0.2) is 15.0 Å². The van der Waals surface area contributed by atoms with Gasteiger partial charge in [0.25, 0.3) is 0 Å². The van der Waals surface area contributed by atoms with Crippen LogP contribution in [-0.2, 0) is 0 Å². The molecule has 8 aromatic carbocycles. The Kier molecular flexibility index (Phi) is 7.92. The highest BCUT2D eigenvalue weighted by Gasteiger charge is 2.23. The Labute approximate surface area is 330 Å². The molecule has 0 aliphatic heterocycles. The maximum absolute atomic E-state index is 6.92. The lowest BCUT2D eigenvalue weighted by Crippen LogP contribution is -2.05. The molecule has 268 valence electrons. The minimum atomic E-state index is 0.324. The molecule has 11 rings (SSSR count). The summed E-state index contributed by atoms with van der Waals surface area (Å²) in [6, 6.07) is 63.8. The van der Waals surface area contributed by atoms with Crippen LogP contribution in [0.15, 0.2) is 192 Å². The lowest BCUT2D eigenvalue weighted by molar-refractivity contribution is 0.670. The lowest BCUT2D eigenvalue weighted by Gasteiger charge is -2.22. The number of rotatable bonds is 6. The first-order valence-corrected chi connectivity index (χ1v) is 19.5. The van der Waals surface area contributed by atoms with Gasteiger partial charge in [-0.05, 0) is 74.8 Å². The van der Waals surface area contributed by atoms with Crippen LogP contribution in [0.3, 0.4) is 0 Å². The Hall–Kier alpha value is -7.43. The van der Waals surface area contributed by atoms with Gasteiger partial charge in [0, 0.05) is 38.9 Å². The van der Waals surface area contributed by atoms with E-state index in [-0.39, 0.29) is 0 Å². The fourth-order valence-corrected chi connectivity index (χ4v) is 8.51. The van der Waals surface area contributed by atoms with Gasteiger partial charge in [0.15, 0.2) is 17.5 Å². The summed E-state index contributed by atoms with van der Waals surface area (Å²) in [6.45, 7) is 0. The van der Waals surface area contributed by atoms with E-state index in [9.17, 15) is 0 Å². The van der Waals surface area contributed by atoms with Gasteiger partial charge in [0.1, 0.15) is 11.2 Å². The van der Waals surface area contributed by atoms with Crippen molar-refractivity contribution in [2.24, 2.45) is 0 Å². The molecule has 2 heterocycles. The van der Waals surface area contributed by atoms with Crippen LogP contribution in [0.5, 0.6) is 0 Å². The molecule has 0 saturated carbocycles. The van der Waals surface area contributed by atoms with E-state index in [1.807, 2.05) is 24.3 Å². The van der Waals surface area contributed by atoms with E-state index >= 15 is 0 Å². The van der Waals surface area contributed by atoms with Gasteiger partial charge in [0.05, 0.1) is 0 Å². The monoisotopic (exact) mass is 729 g/mol. The Morgan fingerprint density at radius 1 is 0.456 bits per heavy atom. The number of furan rings is 1. The van der Waals surface area contributed by atoms with Crippen LogP contribution in [0, 0.1) is 0 Å². The van der Waals surface area contributed by atoms with E-state index in [4.69, 9.17) is 19.4 Å². The molecule has 1 unspecified atom stereocenters. The molecule has 1 aliphatic rings. The molecular weight excluding hydrogens is 695 g/mol. The number of hydrogen-bond donors (Lipinski definition) is 0. The highest BCUT2D eigenvalue weighted by molar-refractivity contribution is 6.24. The van der Waals surface area contributed by atoms with Crippen molar-refractivity contribution < 1.29 is 4.42 Å². The van der Waals surface area contributed by atoms with Gasteiger partial charge < -0.3 is 4.42 Å². The topological polar surface area (TPSA) is 51.8 Å². The SMILES string of the molecule is C1=Cc2ccccc2C(c2ccc(-c3ccc(-c4nc(-c5ccccc5)nc(-c5cccc(-c6ccccc6)c5)n4)c4c3oc3ccc5ccccc5c34)cc2)C1. The van der Waals surface area contributed by atoms with Crippen LogP contribution in [0.2, 0.25) is 0 Å². The van der Waals surface area contributed by atoms with E-state index in [1.165, 1.54) is 16.7 Å². The zero-order valence-electron chi connectivity index (χ0n) is 31.0. The molecule has 10 aromatic rings. The number of fused-ring (bicyclic) bond motifs is 6. The fourth-order valence-electron chi connectivity index (χ4n) is 8.51. The van der Waals surface area contributed by atoms with Gasteiger partial charge in [0.2, 0.25) is 0 Å². The molecule has 4 nitrogen and oxygen atoms in total. The molecule has 0 N–H and O–H groups in total. The molecule has 2 aromatic heterocycles. The highest BCUT2D eigenvalue weighted by Crippen LogP contribution is 2.45. The molecule has 1 atom stereocenters. The number of benzene rings is 8. The summed E-state index contributed by atoms with van der Waals surface area (Å²) in [5.74, 6) is 2.15. The van der Waals surface area contributed by atoms with E-state index in [2.05, 4.69) is 170 Å². The second kappa shape index (κ2) is 13.7. The average Bonchev–Trinajstić information content (AvgIpc) is 3.70. The summed E-state index contributed by atoms with van der Waals surface area (Å²) >= 11 is 0. The van der Waals surface area contributed by atoms with Crippen LogP contribution in [-0.4, -0.2) is 15.0 Å². The van der Waals surface area contributed by atoms with Crippen LogP contribution >= 0.6 is 0 Å². The van der Waals surface area contributed by atoms with Crippen molar-refractivity contribution in [3.8, 4) is 56.4 Å². The molecule has 57 heavy (non-hydrogen) atoms. The van der Waals surface area contributed by atoms with Crippen LogP contribution in [0.1, 0.15) is 29.0 Å². The molecule has 0 radical (unpaired) electrons. The fraction of sp³-hybridized carbons (Fsp3) is 0.0377. The highest BCUT2D eigenvalue weighted by atomic mass is 16.3. The molecule has 1 aliphatic carbocycles. The Morgan fingerprint density at radius 2 is 1.12 bits per heavy atom. The maximum Gasteiger partial charge on any atom is 0.164 e. The van der Waals surface area contributed by atoms with Crippen LogP contribution in [0.4, 0.5) is 0 Å². The van der Waals surface area contributed by atoms with Crippen molar-refractivity contribution in [2.45, 2.75) is 12.3 Å². The average molecular weight is 730 g/mol. The Balaban J connectivity index is 1.12. The summed E-state index contributed by atoms with van der Waals surface area (Å²) in [7, 11) is 0. The van der Waals surface area contributed by atoms with Crippen molar-refractivity contribution in [2.75, 3.05) is 0 Å². The van der Waals surface area contributed by atoms with Gasteiger partial charge in [-0.2, -0.15) is 0 Å². The molecule has 0 fully saturated rings. The zero-order chi connectivity index (χ0) is 37.7. The van der Waals surface area contributed by atoms with Crippen molar-refractivity contribution in [1.82, 2.24) is 15.0 Å². The smallest absolute Gasteiger partial charge is 0.164 e. The predicted molar refractivity (Wildman–Crippen MR) is 234 cm³/mol. The molecule has 0 amide bonds. The largest absolute Gasteiger partial charge is 0.455 e. The first-order valence-electron chi connectivity index (χ1n) is 19.5. The molecule has 0 spiro atoms. The Morgan fingerprint density at radius 3 is 1.96 bits per heavy atom. The number of hydrogen-bond acceptors (Lipinski definition) is 4. The third-order valence-corrected chi connectivity index (χ3v) is 11.3. The molecular formula is C53H35N3O. The standard InChI is InChI=1S/C53H35N3O/c1-3-13-34(14-4-1)40-20-11-21-41(33-40)52-54-51(39-17-5-2-6-18-39)55-53(56-52)46-31-30-45(50-49(46)48-44-23-10-8-16-36(44)29-32-47(48)57-50)38-27-25-37(26-28-38)43-24-12-19-35-15-7-9-22-42(35)43/h1-23,25-33,43H,24H2. The molecule has 0 bridgehead atoms. The van der Waals surface area contributed by atoms with Crippen LogP contribution < -0.4 is 0 Å². The molecule has 4 heteroatoms. The van der Waals surface area contributed by atoms with Crippen molar-refractivity contribution in [1.29, 1.82) is 0 Å². The number of nitrogens with zero attached hydrogens (tertiary/aromatic N) is 3. The minimum Gasteiger partial charge on any atom is -0.455 e. The second-order valence-electron chi connectivity index (χ2n) is 14.7. The van der Waals surface area contributed by atoms with Gasteiger partial charge in [-0.1, -0.05) is 170 Å². The minimum absolute atomic E-state index is 0.324. The van der Waals surface area contributed by atoms with Crippen molar-refractivity contribution in [3.05, 3.63) is 205 Å². The maximum atomic E-state index is 6.92. The quantitative estimate of drug-likeness (QED) is 0.171. The van der Waals surface area contributed by atoms with Crippen molar-refractivity contribution >= 4 is 38.8 Å². The first-order chi connectivity index (χ1) is 28.2. The van der Waals surface area contributed by atoms with Crippen molar-refractivity contribution in [3.63, 3.8) is 0 Å². The normalized spacial score (nSPS) is 13.6. The third-order valence-electron chi connectivity index (χ3n) is 11.3. The summed E-state index contributed by atoms with van der Waals surface area (Å²) in [4.78, 5) is 15.6. The van der Waals surface area contributed by atoms with E-state index in [0.29, 0.717) is 23.4 Å².